The van der Waals surface area contributed by atoms with Crippen molar-refractivity contribution in [1.29, 1.82) is 0 Å². The number of halogens is 2. The number of hydrogen-bond acceptors (Lipinski definition) is 1. The minimum Gasteiger partial charge on any atom is -0.308 e. The van der Waals surface area contributed by atoms with Crippen molar-refractivity contribution in [3.8, 4) is 0 Å². The fraction of sp³-hybridized carbons (Fsp3) is 0.235. The van der Waals surface area contributed by atoms with E-state index in [9.17, 15) is 4.79 Å². The Morgan fingerprint density at radius 3 is 2.38 bits per heavy atom. The minimum absolute atomic E-state index is 0.0789. The maximum Gasteiger partial charge on any atom is 0.258 e. The lowest BCUT2D eigenvalue weighted by molar-refractivity contribution is 0.0988. The maximum absolute atomic E-state index is 12.7. The van der Waals surface area contributed by atoms with Gasteiger partial charge in [0, 0.05) is 17.8 Å². The first-order valence-corrected chi connectivity index (χ1v) is 7.53. The summed E-state index contributed by atoms with van der Waals surface area (Å²) in [6.07, 6.45) is 0. The summed E-state index contributed by atoms with van der Waals surface area (Å²) < 4.78 is 0. The van der Waals surface area contributed by atoms with Crippen LogP contribution in [-0.4, -0.2) is 12.5 Å². The van der Waals surface area contributed by atoms with E-state index in [0.29, 0.717) is 22.2 Å². The highest BCUT2D eigenvalue weighted by atomic mass is 35.5. The first-order valence-electron chi connectivity index (χ1n) is 6.78. The van der Waals surface area contributed by atoms with E-state index < -0.39 is 0 Å². The molecule has 0 unspecified atom stereocenters. The van der Waals surface area contributed by atoms with Crippen molar-refractivity contribution in [2.75, 3.05) is 11.4 Å². The van der Waals surface area contributed by atoms with Crippen molar-refractivity contribution in [1.82, 2.24) is 0 Å². The number of benzene rings is 2. The lowest BCUT2D eigenvalue weighted by Gasteiger charge is -2.23. The van der Waals surface area contributed by atoms with E-state index in [1.54, 1.807) is 23.1 Å². The molecule has 0 atom stereocenters. The van der Waals surface area contributed by atoms with E-state index >= 15 is 0 Å². The van der Waals surface area contributed by atoms with Crippen molar-refractivity contribution >= 4 is 34.8 Å². The van der Waals surface area contributed by atoms with Crippen LogP contribution in [0, 0.1) is 13.8 Å². The van der Waals surface area contributed by atoms with Crippen LogP contribution >= 0.6 is 23.2 Å². The molecule has 0 saturated heterocycles. The van der Waals surface area contributed by atoms with Crippen LogP contribution in [0.2, 0.25) is 10.0 Å². The molecule has 0 aromatic heterocycles. The second-order valence-corrected chi connectivity index (χ2v) is 5.78. The van der Waals surface area contributed by atoms with Crippen LogP contribution in [0.1, 0.15) is 28.4 Å². The number of anilines is 1. The molecule has 0 N–H and O–H groups in total. The Balaban J connectivity index is 2.43. The summed E-state index contributed by atoms with van der Waals surface area (Å²) >= 11 is 11.9. The smallest absolute Gasteiger partial charge is 0.258 e. The van der Waals surface area contributed by atoms with Crippen LogP contribution in [0.3, 0.4) is 0 Å². The first-order chi connectivity index (χ1) is 9.93. The van der Waals surface area contributed by atoms with Crippen molar-refractivity contribution in [3.63, 3.8) is 0 Å². The third-order valence-corrected chi connectivity index (χ3v) is 4.12. The SMILES string of the molecule is CCN(C(=O)c1ccc(Cl)c(Cl)c1)c1cc(C)ccc1C. The van der Waals surface area contributed by atoms with Crippen LogP contribution in [0.15, 0.2) is 36.4 Å². The van der Waals surface area contributed by atoms with E-state index in [-0.39, 0.29) is 5.91 Å². The minimum atomic E-state index is -0.0789. The summed E-state index contributed by atoms with van der Waals surface area (Å²) in [5.41, 5.74) is 3.65. The van der Waals surface area contributed by atoms with Gasteiger partial charge < -0.3 is 4.90 Å². The molecule has 0 aliphatic heterocycles. The summed E-state index contributed by atoms with van der Waals surface area (Å²) in [5.74, 6) is -0.0789. The summed E-state index contributed by atoms with van der Waals surface area (Å²) in [5, 5.41) is 0.836. The largest absolute Gasteiger partial charge is 0.308 e. The third kappa shape index (κ3) is 3.39. The topological polar surface area (TPSA) is 20.3 Å². The van der Waals surface area contributed by atoms with E-state index in [1.165, 1.54) is 0 Å². The lowest BCUT2D eigenvalue weighted by atomic mass is 10.1. The van der Waals surface area contributed by atoms with Crippen LogP contribution in [0.4, 0.5) is 5.69 Å². The lowest BCUT2D eigenvalue weighted by Crippen LogP contribution is -2.31. The van der Waals surface area contributed by atoms with E-state index in [2.05, 4.69) is 0 Å². The quantitative estimate of drug-likeness (QED) is 0.753. The molecule has 21 heavy (non-hydrogen) atoms. The van der Waals surface area contributed by atoms with E-state index in [1.807, 2.05) is 39.0 Å². The molecule has 2 nitrogen and oxygen atoms in total. The van der Waals surface area contributed by atoms with Crippen LogP contribution in [0.5, 0.6) is 0 Å². The number of carbonyl (C=O) groups excluding carboxylic acids is 1. The summed E-state index contributed by atoms with van der Waals surface area (Å²) in [4.78, 5) is 14.5. The highest BCUT2D eigenvalue weighted by molar-refractivity contribution is 6.42. The zero-order valence-corrected chi connectivity index (χ0v) is 13.8. The summed E-state index contributed by atoms with van der Waals surface area (Å²) in [6, 6.07) is 11.0. The van der Waals surface area contributed by atoms with Gasteiger partial charge in [0.05, 0.1) is 10.0 Å². The van der Waals surface area contributed by atoms with Gasteiger partial charge in [0.2, 0.25) is 0 Å². The molecule has 110 valence electrons. The Hall–Kier alpha value is -1.51. The Morgan fingerprint density at radius 2 is 1.76 bits per heavy atom. The molecule has 0 fully saturated rings. The average Bonchev–Trinajstić information content (AvgIpc) is 2.46. The molecule has 2 rings (SSSR count). The second-order valence-electron chi connectivity index (χ2n) is 4.97. The van der Waals surface area contributed by atoms with Crippen LogP contribution in [-0.2, 0) is 0 Å². The molecular formula is C17H17Cl2NO. The zero-order valence-electron chi connectivity index (χ0n) is 12.3. The van der Waals surface area contributed by atoms with Crippen molar-refractivity contribution < 1.29 is 4.79 Å². The van der Waals surface area contributed by atoms with Gasteiger partial charge in [-0.25, -0.2) is 0 Å². The van der Waals surface area contributed by atoms with Crippen molar-refractivity contribution in [2.45, 2.75) is 20.8 Å². The molecule has 0 aliphatic carbocycles. The molecule has 1 amide bonds. The summed E-state index contributed by atoms with van der Waals surface area (Å²) in [6.45, 7) is 6.56. The molecule has 0 spiro atoms. The molecule has 2 aromatic rings. The Bertz CT molecular complexity index is 682. The molecule has 0 heterocycles. The molecule has 0 aliphatic rings. The normalized spacial score (nSPS) is 10.5. The molecule has 0 radical (unpaired) electrons. The van der Waals surface area contributed by atoms with Gasteiger partial charge in [-0.1, -0.05) is 35.3 Å². The fourth-order valence-electron chi connectivity index (χ4n) is 2.22. The Labute approximate surface area is 135 Å². The monoisotopic (exact) mass is 321 g/mol. The van der Waals surface area contributed by atoms with Gasteiger partial charge in [0.15, 0.2) is 0 Å². The summed E-state index contributed by atoms with van der Waals surface area (Å²) in [7, 11) is 0. The fourth-order valence-corrected chi connectivity index (χ4v) is 2.52. The number of carbonyl (C=O) groups is 1. The van der Waals surface area contributed by atoms with Crippen molar-refractivity contribution in [3.05, 3.63) is 63.1 Å². The van der Waals surface area contributed by atoms with Gasteiger partial charge in [0.25, 0.3) is 5.91 Å². The Kier molecular flexibility index (Phi) is 4.92. The van der Waals surface area contributed by atoms with Gasteiger partial charge in [-0.3, -0.25) is 4.79 Å². The molecular weight excluding hydrogens is 305 g/mol. The predicted molar refractivity (Wildman–Crippen MR) is 89.7 cm³/mol. The second kappa shape index (κ2) is 6.50. The maximum atomic E-state index is 12.7. The predicted octanol–water partition coefficient (Wildman–Crippen LogP) is 5.28. The van der Waals surface area contributed by atoms with E-state index in [0.717, 1.165) is 16.8 Å². The third-order valence-electron chi connectivity index (χ3n) is 3.38. The molecule has 0 bridgehead atoms. The Morgan fingerprint density at radius 1 is 1.05 bits per heavy atom. The van der Waals surface area contributed by atoms with Crippen LogP contribution < -0.4 is 4.90 Å². The zero-order chi connectivity index (χ0) is 15.6. The first kappa shape index (κ1) is 15.9. The number of hydrogen-bond donors (Lipinski definition) is 0. The highest BCUT2D eigenvalue weighted by Gasteiger charge is 2.18. The van der Waals surface area contributed by atoms with Crippen LogP contribution in [0.25, 0.3) is 0 Å². The van der Waals surface area contributed by atoms with Gasteiger partial charge in [-0.2, -0.15) is 0 Å². The molecule has 2 aromatic carbocycles. The van der Waals surface area contributed by atoms with Crippen molar-refractivity contribution in [2.24, 2.45) is 0 Å². The highest BCUT2D eigenvalue weighted by Crippen LogP contribution is 2.26. The average molecular weight is 322 g/mol. The molecule has 4 heteroatoms. The number of aryl methyl sites for hydroxylation is 2. The number of amides is 1. The molecule has 0 saturated carbocycles. The number of nitrogens with zero attached hydrogens (tertiary/aromatic N) is 1. The van der Waals surface area contributed by atoms with Gasteiger partial charge in [-0.05, 0) is 56.2 Å². The van der Waals surface area contributed by atoms with Gasteiger partial charge in [0.1, 0.15) is 0 Å². The standard InChI is InChI=1S/C17H17Cl2NO/c1-4-20(16-9-11(2)5-6-12(16)3)17(21)13-7-8-14(18)15(19)10-13/h5-10H,4H2,1-3H3. The number of rotatable bonds is 3. The van der Waals surface area contributed by atoms with Gasteiger partial charge in [-0.15, -0.1) is 0 Å². The van der Waals surface area contributed by atoms with Gasteiger partial charge >= 0.3 is 0 Å². The van der Waals surface area contributed by atoms with E-state index in [4.69, 9.17) is 23.2 Å².